The van der Waals surface area contributed by atoms with Gasteiger partial charge in [0.1, 0.15) is 5.82 Å². The summed E-state index contributed by atoms with van der Waals surface area (Å²) in [6, 6.07) is 10.4. The number of benzene rings is 2. The van der Waals surface area contributed by atoms with E-state index in [1.54, 1.807) is 6.07 Å². The standard InChI is InChI=1S/C15H12BrClFNO2/c1-21-15(20)14(9-6-10(17)8-11(18)7-9)19-13-5-3-2-4-12(13)16/h2-8,14,19H,1H3. The molecule has 21 heavy (non-hydrogen) atoms. The first-order valence-electron chi connectivity index (χ1n) is 6.06. The Bertz CT molecular complexity index is 646. The first-order chi connectivity index (χ1) is 10.0. The Balaban J connectivity index is 2.39. The van der Waals surface area contributed by atoms with Gasteiger partial charge in [0.05, 0.1) is 7.11 Å². The minimum absolute atomic E-state index is 0.216. The van der Waals surface area contributed by atoms with Crippen LogP contribution in [0.2, 0.25) is 5.02 Å². The van der Waals surface area contributed by atoms with Crippen LogP contribution >= 0.6 is 27.5 Å². The van der Waals surface area contributed by atoms with E-state index in [9.17, 15) is 9.18 Å². The molecule has 0 aliphatic heterocycles. The quantitative estimate of drug-likeness (QED) is 0.799. The lowest BCUT2D eigenvalue weighted by atomic mass is 10.1. The topological polar surface area (TPSA) is 38.3 Å². The highest BCUT2D eigenvalue weighted by molar-refractivity contribution is 9.10. The first-order valence-corrected chi connectivity index (χ1v) is 7.23. The van der Waals surface area contributed by atoms with Crippen LogP contribution in [0.5, 0.6) is 0 Å². The zero-order valence-corrected chi connectivity index (χ0v) is 13.4. The third kappa shape index (κ3) is 3.95. The summed E-state index contributed by atoms with van der Waals surface area (Å²) < 4.78 is 19.1. The molecule has 1 unspecified atom stereocenters. The van der Waals surface area contributed by atoms with E-state index in [0.29, 0.717) is 11.3 Å². The van der Waals surface area contributed by atoms with Gasteiger partial charge < -0.3 is 10.1 Å². The van der Waals surface area contributed by atoms with Gasteiger partial charge in [0.15, 0.2) is 6.04 Å². The van der Waals surface area contributed by atoms with Crippen molar-refractivity contribution in [3.05, 3.63) is 63.3 Å². The summed E-state index contributed by atoms with van der Waals surface area (Å²) >= 11 is 9.23. The van der Waals surface area contributed by atoms with Crippen LogP contribution in [0.4, 0.5) is 10.1 Å². The second-order valence-corrected chi connectivity index (χ2v) is 5.57. The highest BCUT2D eigenvalue weighted by atomic mass is 79.9. The van der Waals surface area contributed by atoms with Gasteiger partial charge in [-0.05, 0) is 51.8 Å². The van der Waals surface area contributed by atoms with Gasteiger partial charge in [0.2, 0.25) is 0 Å². The molecule has 0 radical (unpaired) electrons. The molecule has 0 spiro atoms. The molecule has 2 rings (SSSR count). The molecule has 0 amide bonds. The molecule has 0 heterocycles. The summed E-state index contributed by atoms with van der Waals surface area (Å²) in [5, 5.41) is 3.24. The predicted octanol–water partition coefficient (Wildman–Crippen LogP) is 4.57. The number of nitrogens with one attached hydrogen (secondary N) is 1. The summed E-state index contributed by atoms with van der Waals surface area (Å²) in [7, 11) is 1.28. The fraction of sp³-hybridized carbons (Fsp3) is 0.133. The average Bonchev–Trinajstić information content (AvgIpc) is 2.44. The van der Waals surface area contributed by atoms with Crippen molar-refractivity contribution in [2.45, 2.75) is 6.04 Å². The van der Waals surface area contributed by atoms with Crippen molar-refractivity contribution in [3.8, 4) is 0 Å². The fourth-order valence-corrected chi connectivity index (χ4v) is 2.50. The lowest BCUT2D eigenvalue weighted by Gasteiger charge is -2.19. The molecule has 1 N–H and O–H groups in total. The molecule has 1 atom stereocenters. The average molecular weight is 373 g/mol. The molecule has 0 saturated carbocycles. The Labute approximate surface area is 135 Å². The van der Waals surface area contributed by atoms with Crippen LogP contribution in [0.25, 0.3) is 0 Å². The number of rotatable bonds is 4. The molecule has 110 valence electrons. The Hall–Kier alpha value is -1.59. The van der Waals surface area contributed by atoms with Crippen LogP contribution in [-0.2, 0) is 9.53 Å². The third-order valence-corrected chi connectivity index (χ3v) is 3.74. The number of esters is 1. The Morgan fingerprint density at radius 2 is 2.05 bits per heavy atom. The minimum atomic E-state index is -0.859. The van der Waals surface area contributed by atoms with Gasteiger partial charge in [0, 0.05) is 15.2 Å². The molecule has 0 fully saturated rings. The lowest BCUT2D eigenvalue weighted by molar-refractivity contribution is -0.141. The molecule has 0 aliphatic rings. The molecular weight excluding hydrogens is 361 g/mol. The van der Waals surface area contributed by atoms with Crippen molar-refractivity contribution < 1.29 is 13.9 Å². The molecule has 2 aromatic carbocycles. The number of hydrogen-bond donors (Lipinski definition) is 1. The summed E-state index contributed by atoms with van der Waals surface area (Å²) in [4.78, 5) is 12.0. The van der Waals surface area contributed by atoms with Gasteiger partial charge in [-0.1, -0.05) is 23.7 Å². The maximum Gasteiger partial charge on any atom is 0.332 e. The molecule has 0 saturated heterocycles. The van der Waals surface area contributed by atoms with Crippen molar-refractivity contribution in [1.82, 2.24) is 0 Å². The first kappa shape index (κ1) is 15.8. The molecule has 6 heteroatoms. The maximum absolute atomic E-state index is 13.5. The van der Waals surface area contributed by atoms with E-state index in [1.807, 2.05) is 18.2 Å². The van der Waals surface area contributed by atoms with Crippen LogP contribution in [0.15, 0.2) is 46.9 Å². The van der Waals surface area contributed by atoms with Crippen LogP contribution in [0, 0.1) is 5.82 Å². The van der Waals surface area contributed by atoms with Gasteiger partial charge in [-0.2, -0.15) is 0 Å². The van der Waals surface area contributed by atoms with Crippen LogP contribution in [0.3, 0.4) is 0 Å². The van der Waals surface area contributed by atoms with E-state index >= 15 is 0 Å². The van der Waals surface area contributed by atoms with E-state index < -0.39 is 17.8 Å². The molecule has 0 aliphatic carbocycles. The Morgan fingerprint density at radius 1 is 1.33 bits per heavy atom. The van der Waals surface area contributed by atoms with E-state index in [1.165, 1.54) is 25.3 Å². The largest absolute Gasteiger partial charge is 0.467 e. The van der Waals surface area contributed by atoms with Crippen molar-refractivity contribution in [2.24, 2.45) is 0 Å². The van der Waals surface area contributed by atoms with Gasteiger partial charge in [-0.3, -0.25) is 0 Å². The molecule has 0 aromatic heterocycles. The van der Waals surface area contributed by atoms with E-state index in [-0.39, 0.29) is 5.02 Å². The van der Waals surface area contributed by atoms with Crippen LogP contribution < -0.4 is 5.32 Å². The van der Waals surface area contributed by atoms with Gasteiger partial charge >= 0.3 is 5.97 Å². The predicted molar refractivity (Wildman–Crippen MR) is 83.9 cm³/mol. The van der Waals surface area contributed by atoms with E-state index in [2.05, 4.69) is 21.2 Å². The number of hydrogen-bond acceptors (Lipinski definition) is 3. The maximum atomic E-state index is 13.5. The van der Waals surface area contributed by atoms with Crippen molar-refractivity contribution in [2.75, 3.05) is 12.4 Å². The smallest absolute Gasteiger partial charge is 0.332 e. The number of halogens is 3. The molecule has 2 aromatic rings. The highest BCUT2D eigenvalue weighted by Crippen LogP contribution is 2.28. The molecule has 3 nitrogen and oxygen atoms in total. The van der Waals surface area contributed by atoms with Crippen molar-refractivity contribution in [1.29, 1.82) is 0 Å². The second kappa shape index (κ2) is 6.91. The SMILES string of the molecule is COC(=O)C(Nc1ccccc1Br)c1cc(F)cc(Cl)c1. The highest BCUT2D eigenvalue weighted by Gasteiger charge is 2.23. The van der Waals surface area contributed by atoms with Gasteiger partial charge in [-0.25, -0.2) is 9.18 Å². The summed E-state index contributed by atoms with van der Waals surface area (Å²) in [5.41, 5.74) is 1.08. The number of methoxy groups -OCH3 is 1. The summed E-state index contributed by atoms with van der Waals surface area (Å²) in [6.07, 6.45) is 0. The zero-order chi connectivity index (χ0) is 15.4. The number of para-hydroxylation sites is 1. The minimum Gasteiger partial charge on any atom is -0.467 e. The van der Waals surface area contributed by atoms with Crippen LogP contribution in [0.1, 0.15) is 11.6 Å². The van der Waals surface area contributed by atoms with Crippen molar-refractivity contribution in [3.63, 3.8) is 0 Å². The van der Waals surface area contributed by atoms with Crippen molar-refractivity contribution >= 4 is 39.2 Å². The monoisotopic (exact) mass is 371 g/mol. The number of carbonyl (C=O) groups is 1. The van der Waals surface area contributed by atoms with Gasteiger partial charge in [-0.15, -0.1) is 0 Å². The Morgan fingerprint density at radius 3 is 2.67 bits per heavy atom. The summed E-state index contributed by atoms with van der Waals surface area (Å²) in [6.45, 7) is 0. The lowest BCUT2D eigenvalue weighted by Crippen LogP contribution is -2.22. The Kier molecular flexibility index (Phi) is 5.20. The fourth-order valence-electron chi connectivity index (χ4n) is 1.87. The second-order valence-electron chi connectivity index (χ2n) is 4.28. The molecular formula is C15H12BrClFNO2. The third-order valence-electron chi connectivity index (χ3n) is 2.83. The van der Waals surface area contributed by atoms with E-state index in [0.717, 1.165) is 4.47 Å². The molecule has 0 bridgehead atoms. The van der Waals surface area contributed by atoms with E-state index in [4.69, 9.17) is 16.3 Å². The number of anilines is 1. The summed E-state index contributed by atoms with van der Waals surface area (Å²) in [5.74, 6) is -1.05. The van der Waals surface area contributed by atoms with Gasteiger partial charge in [0.25, 0.3) is 0 Å². The normalized spacial score (nSPS) is 11.8. The van der Waals surface area contributed by atoms with Crippen LogP contribution in [-0.4, -0.2) is 13.1 Å². The number of ether oxygens (including phenoxy) is 1. The number of carbonyl (C=O) groups excluding carboxylic acids is 1. The zero-order valence-electron chi connectivity index (χ0n) is 11.1.